The van der Waals surface area contributed by atoms with Crippen molar-refractivity contribution >= 4 is 23.0 Å². The second-order valence-electron chi connectivity index (χ2n) is 5.77. The van der Waals surface area contributed by atoms with Crippen LogP contribution in [0.3, 0.4) is 0 Å². The number of fused-ring (bicyclic) bond motifs is 1. The lowest BCUT2D eigenvalue weighted by atomic mass is 10.1. The molecule has 6 nitrogen and oxygen atoms in total. The zero-order valence-electron chi connectivity index (χ0n) is 15.1. The van der Waals surface area contributed by atoms with Crippen molar-refractivity contribution in [2.75, 3.05) is 14.2 Å². The normalized spacial score (nSPS) is 10.9. The van der Waals surface area contributed by atoms with E-state index in [1.807, 2.05) is 6.92 Å². The van der Waals surface area contributed by atoms with Gasteiger partial charge in [0.05, 0.1) is 14.2 Å². The fourth-order valence-corrected chi connectivity index (χ4v) is 2.63. The van der Waals surface area contributed by atoms with Crippen molar-refractivity contribution in [2.45, 2.75) is 6.92 Å². The van der Waals surface area contributed by atoms with Crippen LogP contribution in [-0.4, -0.2) is 20.2 Å². The molecule has 0 saturated heterocycles. The summed E-state index contributed by atoms with van der Waals surface area (Å²) in [6, 6.07) is 11.6. The molecule has 1 aromatic heterocycles. The Balaban J connectivity index is 1.79. The highest BCUT2D eigenvalue weighted by molar-refractivity contribution is 5.90. The van der Waals surface area contributed by atoms with Crippen LogP contribution in [0.4, 0.5) is 0 Å². The topological polar surface area (TPSA) is 75.0 Å². The molecule has 6 heteroatoms. The summed E-state index contributed by atoms with van der Waals surface area (Å²) in [5, 5.41) is 0.785. The van der Waals surface area contributed by atoms with Gasteiger partial charge in [0.2, 0.25) is 0 Å². The highest BCUT2D eigenvalue weighted by atomic mass is 16.5. The van der Waals surface area contributed by atoms with Gasteiger partial charge in [0.1, 0.15) is 22.8 Å². The number of hydrogen-bond acceptors (Lipinski definition) is 6. The molecule has 1 heterocycles. The Morgan fingerprint density at radius 3 is 2.52 bits per heavy atom. The van der Waals surface area contributed by atoms with Crippen molar-refractivity contribution in [2.24, 2.45) is 0 Å². The first kappa shape index (κ1) is 18.3. The minimum absolute atomic E-state index is 0.285. The molecule has 3 rings (SSSR count). The fraction of sp³-hybridized carbons (Fsp3) is 0.143. The van der Waals surface area contributed by atoms with E-state index < -0.39 is 11.6 Å². The molecule has 3 aromatic rings. The number of carbonyl (C=O) groups is 1. The molecule has 0 bridgehead atoms. The molecule has 2 aromatic carbocycles. The molecule has 0 radical (unpaired) electrons. The van der Waals surface area contributed by atoms with E-state index in [9.17, 15) is 9.59 Å². The monoisotopic (exact) mass is 366 g/mol. The van der Waals surface area contributed by atoms with Crippen LogP contribution in [-0.2, 0) is 4.79 Å². The second kappa shape index (κ2) is 7.78. The highest BCUT2D eigenvalue weighted by Crippen LogP contribution is 2.26. The third-order valence-electron chi connectivity index (χ3n) is 3.98. The van der Waals surface area contributed by atoms with Crippen LogP contribution in [0.1, 0.15) is 11.1 Å². The summed E-state index contributed by atoms with van der Waals surface area (Å²) in [7, 11) is 3.10. The second-order valence-corrected chi connectivity index (χ2v) is 5.77. The summed E-state index contributed by atoms with van der Waals surface area (Å²) in [5.41, 5.74) is 1.42. The van der Waals surface area contributed by atoms with Gasteiger partial charge < -0.3 is 18.6 Å². The van der Waals surface area contributed by atoms with Crippen LogP contribution in [0.25, 0.3) is 17.0 Å². The van der Waals surface area contributed by atoms with E-state index in [0.29, 0.717) is 22.6 Å². The number of esters is 1. The van der Waals surface area contributed by atoms with Crippen LogP contribution in [0.15, 0.2) is 57.8 Å². The van der Waals surface area contributed by atoms with Crippen LogP contribution in [0, 0.1) is 6.92 Å². The summed E-state index contributed by atoms with van der Waals surface area (Å²) in [5.74, 6) is 0.940. The number of carbonyl (C=O) groups excluding carboxylic acids is 1. The van der Waals surface area contributed by atoms with E-state index in [4.69, 9.17) is 18.6 Å². The van der Waals surface area contributed by atoms with Gasteiger partial charge in [0.15, 0.2) is 0 Å². The Hall–Kier alpha value is -3.54. The largest absolute Gasteiger partial charge is 0.497 e. The quantitative estimate of drug-likeness (QED) is 0.296. The Bertz CT molecular complexity index is 1080. The molecule has 0 amide bonds. The van der Waals surface area contributed by atoms with Gasteiger partial charge in [-0.1, -0.05) is 0 Å². The number of hydrogen-bond donors (Lipinski definition) is 0. The summed E-state index contributed by atoms with van der Waals surface area (Å²) in [4.78, 5) is 23.6. The van der Waals surface area contributed by atoms with Gasteiger partial charge in [0, 0.05) is 35.2 Å². The minimum Gasteiger partial charge on any atom is -0.497 e. The summed E-state index contributed by atoms with van der Waals surface area (Å²) < 4.78 is 20.9. The molecular formula is C21H18O6. The summed E-state index contributed by atoms with van der Waals surface area (Å²) in [6.07, 6.45) is 2.88. The van der Waals surface area contributed by atoms with E-state index in [1.54, 1.807) is 43.5 Å². The van der Waals surface area contributed by atoms with Crippen LogP contribution in [0.2, 0.25) is 0 Å². The first-order chi connectivity index (χ1) is 13.0. The Kier molecular flexibility index (Phi) is 5.26. The molecule has 0 N–H and O–H groups in total. The number of aryl methyl sites for hydroxylation is 1. The minimum atomic E-state index is -0.567. The van der Waals surface area contributed by atoms with Crippen molar-refractivity contribution in [1.82, 2.24) is 0 Å². The first-order valence-electron chi connectivity index (χ1n) is 8.16. The zero-order valence-corrected chi connectivity index (χ0v) is 15.1. The van der Waals surface area contributed by atoms with E-state index >= 15 is 0 Å². The lowest BCUT2D eigenvalue weighted by Gasteiger charge is -2.07. The summed E-state index contributed by atoms with van der Waals surface area (Å²) >= 11 is 0. The lowest BCUT2D eigenvalue weighted by Crippen LogP contribution is -2.04. The molecule has 0 spiro atoms. The van der Waals surface area contributed by atoms with Gasteiger partial charge in [-0.3, -0.25) is 0 Å². The molecule has 27 heavy (non-hydrogen) atoms. The number of ether oxygens (including phenoxy) is 3. The fourth-order valence-electron chi connectivity index (χ4n) is 2.63. The maximum atomic E-state index is 12.1. The molecule has 0 atom stereocenters. The molecule has 0 saturated carbocycles. The number of methoxy groups -OCH3 is 2. The van der Waals surface area contributed by atoms with Crippen molar-refractivity contribution < 1.29 is 23.4 Å². The van der Waals surface area contributed by atoms with Gasteiger partial charge in [0.25, 0.3) is 0 Å². The molecule has 0 aliphatic rings. The molecule has 0 fully saturated rings. The van der Waals surface area contributed by atoms with E-state index in [-0.39, 0.29) is 5.75 Å². The van der Waals surface area contributed by atoms with E-state index in [2.05, 4.69) is 0 Å². The molecule has 0 unspecified atom stereocenters. The lowest BCUT2D eigenvalue weighted by molar-refractivity contribution is -0.128. The van der Waals surface area contributed by atoms with Gasteiger partial charge in [-0.05, 0) is 42.8 Å². The van der Waals surface area contributed by atoms with Gasteiger partial charge in [-0.2, -0.15) is 0 Å². The molecule has 0 aliphatic carbocycles. The first-order valence-corrected chi connectivity index (χ1v) is 8.16. The molecule has 138 valence electrons. The smallest absolute Gasteiger partial charge is 0.336 e. The van der Waals surface area contributed by atoms with E-state index in [1.165, 1.54) is 25.3 Å². The molecular weight excluding hydrogens is 348 g/mol. The van der Waals surface area contributed by atoms with Gasteiger partial charge in [-0.15, -0.1) is 0 Å². The Morgan fingerprint density at radius 1 is 1.00 bits per heavy atom. The SMILES string of the molecule is COc1ccc(C=CC(=O)Oc2ccc3c(C)cc(=O)oc3c2)c(OC)c1. The number of rotatable bonds is 5. The van der Waals surface area contributed by atoms with Gasteiger partial charge >= 0.3 is 11.6 Å². The average Bonchev–Trinajstić information content (AvgIpc) is 2.65. The van der Waals surface area contributed by atoms with Crippen molar-refractivity contribution in [1.29, 1.82) is 0 Å². The highest BCUT2D eigenvalue weighted by Gasteiger charge is 2.07. The third kappa shape index (κ3) is 4.17. The van der Waals surface area contributed by atoms with Crippen molar-refractivity contribution in [3.63, 3.8) is 0 Å². The summed E-state index contributed by atoms with van der Waals surface area (Å²) in [6.45, 7) is 1.82. The van der Waals surface area contributed by atoms with Gasteiger partial charge in [-0.25, -0.2) is 9.59 Å². The predicted molar refractivity (Wildman–Crippen MR) is 101 cm³/mol. The predicted octanol–water partition coefficient (Wildman–Crippen LogP) is 3.74. The van der Waals surface area contributed by atoms with Crippen LogP contribution in [0.5, 0.6) is 17.2 Å². The maximum absolute atomic E-state index is 12.1. The third-order valence-corrected chi connectivity index (χ3v) is 3.98. The maximum Gasteiger partial charge on any atom is 0.336 e. The van der Waals surface area contributed by atoms with Crippen LogP contribution >= 0.6 is 0 Å². The Labute approximate surface area is 155 Å². The zero-order chi connectivity index (χ0) is 19.4. The number of benzene rings is 2. The molecule has 0 aliphatic heterocycles. The van der Waals surface area contributed by atoms with Crippen LogP contribution < -0.4 is 19.8 Å². The van der Waals surface area contributed by atoms with E-state index in [0.717, 1.165) is 10.9 Å². The van der Waals surface area contributed by atoms with Crippen molar-refractivity contribution in [3.05, 3.63) is 70.1 Å². The Morgan fingerprint density at radius 2 is 1.78 bits per heavy atom. The average molecular weight is 366 g/mol. The van der Waals surface area contributed by atoms with Crippen molar-refractivity contribution in [3.8, 4) is 17.2 Å². The standard InChI is InChI=1S/C21H18O6/c1-13-10-21(23)27-19-12-16(7-8-17(13)19)26-20(22)9-5-14-4-6-15(24-2)11-18(14)25-3/h4-12H,1-3H3.